The number of carbonyl (C=O) groups excluding carboxylic acids is 2. The third-order valence-corrected chi connectivity index (χ3v) is 5.31. The average Bonchev–Trinajstić information content (AvgIpc) is 2.87. The molecule has 0 N–H and O–H groups in total. The van der Waals surface area contributed by atoms with Gasteiger partial charge in [-0.15, -0.1) is 0 Å². The van der Waals surface area contributed by atoms with Crippen molar-refractivity contribution in [1.82, 2.24) is 0 Å². The molecular formula is C18H32O2. The maximum atomic E-state index is 13.2. The summed E-state index contributed by atoms with van der Waals surface area (Å²) >= 11 is 0. The third kappa shape index (κ3) is 2.99. The molecule has 0 unspecified atom stereocenters. The van der Waals surface area contributed by atoms with Gasteiger partial charge in [-0.2, -0.15) is 0 Å². The van der Waals surface area contributed by atoms with Crippen molar-refractivity contribution in [3.63, 3.8) is 0 Å². The lowest BCUT2D eigenvalue weighted by atomic mass is 9.61. The average molecular weight is 280 g/mol. The van der Waals surface area contributed by atoms with Crippen LogP contribution >= 0.6 is 0 Å². The fourth-order valence-electron chi connectivity index (χ4n) is 3.73. The predicted molar refractivity (Wildman–Crippen MR) is 83.7 cm³/mol. The molecule has 2 heteroatoms. The van der Waals surface area contributed by atoms with Crippen molar-refractivity contribution in [3.8, 4) is 0 Å². The van der Waals surface area contributed by atoms with E-state index in [2.05, 4.69) is 6.92 Å². The summed E-state index contributed by atoms with van der Waals surface area (Å²) in [5, 5.41) is 0. The Morgan fingerprint density at radius 1 is 0.900 bits per heavy atom. The van der Waals surface area contributed by atoms with Gasteiger partial charge in [-0.3, -0.25) is 9.59 Å². The van der Waals surface area contributed by atoms with Gasteiger partial charge in [0.15, 0.2) is 11.6 Å². The Morgan fingerprint density at radius 3 is 1.75 bits per heavy atom. The van der Waals surface area contributed by atoms with Crippen LogP contribution in [0.4, 0.5) is 0 Å². The number of hydrogen-bond donors (Lipinski definition) is 0. The van der Waals surface area contributed by atoms with Crippen LogP contribution in [0.25, 0.3) is 0 Å². The molecular weight excluding hydrogens is 248 g/mol. The molecule has 116 valence electrons. The van der Waals surface area contributed by atoms with Gasteiger partial charge in [0, 0.05) is 10.8 Å². The van der Waals surface area contributed by atoms with E-state index in [1.54, 1.807) is 0 Å². The van der Waals surface area contributed by atoms with Crippen molar-refractivity contribution >= 4 is 11.6 Å². The van der Waals surface area contributed by atoms with Gasteiger partial charge >= 0.3 is 0 Å². The highest BCUT2D eigenvalue weighted by Crippen LogP contribution is 2.49. The molecule has 0 aromatic rings. The van der Waals surface area contributed by atoms with Crippen LogP contribution in [0.2, 0.25) is 0 Å². The molecule has 1 aliphatic rings. The van der Waals surface area contributed by atoms with E-state index in [-0.39, 0.29) is 22.4 Å². The number of ketones is 2. The summed E-state index contributed by atoms with van der Waals surface area (Å²) < 4.78 is 0. The van der Waals surface area contributed by atoms with E-state index in [9.17, 15) is 9.59 Å². The molecule has 0 heterocycles. The van der Waals surface area contributed by atoms with Gasteiger partial charge in [0.05, 0.1) is 5.41 Å². The Labute approximate surface area is 124 Å². The van der Waals surface area contributed by atoms with Crippen LogP contribution in [0.15, 0.2) is 0 Å². The van der Waals surface area contributed by atoms with E-state index in [4.69, 9.17) is 0 Å². The van der Waals surface area contributed by atoms with Gasteiger partial charge in [-0.1, -0.05) is 60.8 Å². The summed E-state index contributed by atoms with van der Waals surface area (Å²) in [5.74, 6) is 0.398. The maximum Gasteiger partial charge on any atom is 0.151 e. The summed E-state index contributed by atoms with van der Waals surface area (Å²) in [6, 6.07) is 0. The van der Waals surface area contributed by atoms with Gasteiger partial charge in [0.2, 0.25) is 0 Å². The predicted octanol–water partition coefficient (Wildman–Crippen LogP) is 4.95. The SMILES string of the molecule is CCCC(C)(C)C(=O)C1(C(=O)C(C)(C)CC)CCCC1. The molecule has 0 spiro atoms. The van der Waals surface area contributed by atoms with Crippen LogP contribution in [-0.4, -0.2) is 11.6 Å². The highest BCUT2D eigenvalue weighted by atomic mass is 16.2. The molecule has 1 fully saturated rings. The summed E-state index contributed by atoms with van der Waals surface area (Å²) in [7, 11) is 0. The van der Waals surface area contributed by atoms with Crippen molar-refractivity contribution in [2.24, 2.45) is 16.2 Å². The topological polar surface area (TPSA) is 34.1 Å². The minimum atomic E-state index is -0.696. The van der Waals surface area contributed by atoms with Crippen LogP contribution in [0.3, 0.4) is 0 Å². The second kappa shape index (κ2) is 5.99. The van der Waals surface area contributed by atoms with Gasteiger partial charge in [-0.25, -0.2) is 0 Å². The normalized spacial score (nSPS) is 19.1. The monoisotopic (exact) mass is 280 g/mol. The van der Waals surface area contributed by atoms with Crippen molar-refractivity contribution in [2.75, 3.05) is 0 Å². The quantitative estimate of drug-likeness (QED) is 0.618. The third-order valence-electron chi connectivity index (χ3n) is 5.31. The van der Waals surface area contributed by atoms with Crippen molar-refractivity contribution in [2.45, 2.75) is 86.5 Å². The lowest BCUT2D eigenvalue weighted by Gasteiger charge is -2.39. The molecule has 20 heavy (non-hydrogen) atoms. The van der Waals surface area contributed by atoms with E-state index in [0.29, 0.717) is 0 Å². The minimum Gasteiger partial charge on any atom is -0.298 e. The lowest BCUT2D eigenvalue weighted by molar-refractivity contribution is -0.151. The Kier molecular flexibility index (Phi) is 5.21. The van der Waals surface area contributed by atoms with Crippen LogP contribution in [-0.2, 0) is 9.59 Å². The molecule has 0 radical (unpaired) electrons. The fourth-order valence-corrected chi connectivity index (χ4v) is 3.73. The largest absolute Gasteiger partial charge is 0.298 e. The summed E-state index contributed by atoms with van der Waals surface area (Å²) in [5.41, 5.74) is -1.46. The Balaban J connectivity index is 3.17. The molecule has 0 atom stereocenters. The molecule has 0 amide bonds. The first-order valence-electron chi connectivity index (χ1n) is 8.24. The minimum absolute atomic E-state index is 0.194. The molecule has 1 aliphatic carbocycles. The number of carbonyl (C=O) groups is 2. The summed E-state index contributed by atoms with van der Waals surface area (Å²) in [6.45, 7) is 12.2. The zero-order valence-electron chi connectivity index (χ0n) is 14.3. The molecule has 0 bridgehead atoms. The standard InChI is InChI=1S/C18H32O2/c1-7-11-17(5,6)15(20)18(12-9-10-13-18)14(19)16(3,4)8-2/h7-13H2,1-6H3. The highest BCUT2D eigenvalue weighted by Gasteiger charge is 2.54. The maximum absolute atomic E-state index is 13.2. The number of hydrogen-bond acceptors (Lipinski definition) is 2. The van der Waals surface area contributed by atoms with Crippen molar-refractivity contribution in [3.05, 3.63) is 0 Å². The second-order valence-electron chi connectivity index (χ2n) is 7.82. The van der Waals surface area contributed by atoms with Crippen LogP contribution in [0, 0.1) is 16.2 Å². The highest BCUT2D eigenvalue weighted by molar-refractivity contribution is 6.11. The Hall–Kier alpha value is -0.660. The zero-order chi connectivity index (χ0) is 15.6. The first kappa shape index (κ1) is 17.4. The van der Waals surface area contributed by atoms with Gasteiger partial charge in [0.1, 0.15) is 0 Å². The van der Waals surface area contributed by atoms with Crippen LogP contribution in [0.5, 0.6) is 0 Å². The molecule has 0 saturated heterocycles. The zero-order valence-corrected chi connectivity index (χ0v) is 14.3. The Bertz CT molecular complexity index is 371. The van der Waals surface area contributed by atoms with Gasteiger partial charge in [-0.05, 0) is 25.7 Å². The van der Waals surface area contributed by atoms with Crippen molar-refractivity contribution < 1.29 is 9.59 Å². The van der Waals surface area contributed by atoms with Gasteiger partial charge < -0.3 is 0 Å². The van der Waals surface area contributed by atoms with Crippen LogP contribution in [0.1, 0.15) is 86.5 Å². The van der Waals surface area contributed by atoms with E-state index >= 15 is 0 Å². The first-order chi connectivity index (χ1) is 9.14. The van der Waals surface area contributed by atoms with Gasteiger partial charge in [0.25, 0.3) is 0 Å². The van der Waals surface area contributed by atoms with Crippen molar-refractivity contribution in [1.29, 1.82) is 0 Å². The first-order valence-corrected chi connectivity index (χ1v) is 8.24. The number of Topliss-reactive ketones (excluding diaryl/α,β-unsaturated/α-hetero) is 2. The summed E-state index contributed by atoms with van der Waals surface area (Å²) in [6.07, 6.45) is 6.21. The lowest BCUT2D eigenvalue weighted by Crippen LogP contribution is -2.49. The molecule has 0 aromatic heterocycles. The fraction of sp³-hybridized carbons (Fsp3) is 0.889. The molecule has 2 nitrogen and oxygen atoms in total. The molecule has 0 aromatic carbocycles. The second-order valence-corrected chi connectivity index (χ2v) is 7.82. The number of rotatable bonds is 7. The van der Waals surface area contributed by atoms with E-state index in [1.807, 2.05) is 34.6 Å². The van der Waals surface area contributed by atoms with E-state index < -0.39 is 5.41 Å². The van der Waals surface area contributed by atoms with Crippen LogP contribution < -0.4 is 0 Å². The Morgan fingerprint density at radius 2 is 1.35 bits per heavy atom. The molecule has 1 rings (SSSR count). The molecule has 0 aliphatic heterocycles. The molecule has 1 saturated carbocycles. The van der Waals surface area contributed by atoms with E-state index in [0.717, 1.165) is 44.9 Å². The van der Waals surface area contributed by atoms with E-state index in [1.165, 1.54) is 0 Å². The summed E-state index contributed by atoms with van der Waals surface area (Å²) in [4.78, 5) is 26.3. The smallest absolute Gasteiger partial charge is 0.151 e.